The third-order valence-corrected chi connectivity index (χ3v) is 3.98. The van der Waals surface area contributed by atoms with E-state index >= 15 is 0 Å². The summed E-state index contributed by atoms with van der Waals surface area (Å²) < 4.78 is 6.12. The van der Waals surface area contributed by atoms with Crippen molar-refractivity contribution in [3.8, 4) is 11.5 Å². The van der Waals surface area contributed by atoms with Crippen molar-refractivity contribution >= 4 is 15.9 Å². The fraction of sp³-hybridized carbons (Fsp3) is 0.462. The van der Waals surface area contributed by atoms with E-state index in [0.29, 0.717) is 30.0 Å². The standard InChI is InChI=1S/C13H15BrN4O/c14-10-6-3-7-15-12(10)13-17-11(19-18-13)8-16-9-4-1-2-5-9/h3,6-7,9,16H,1-2,4-5,8H2. The molecule has 0 aromatic carbocycles. The molecule has 1 aliphatic carbocycles. The van der Waals surface area contributed by atoms with Crippen molar-refractivity contribution in [1.29, 1.82) is 0 Å². The predicted molar refractivity (Wildman–Crippen MR) is 74.3 cm³/mol. The average molecular weight is 323 g/mol. The van der Waals surface area contributed by atoms with Crippen LogP contribution in [0.4, 0.5) is 0 Å². The summed E-state index contributed by atoms with van der Waals surface area (Å²) in [6, 6.07) is 4.36. The van der Waals surface area contributed by atoms with Crippen molar-refractivity contribution in [2.24, 2.45) is 0 Å². The third kappa shape index (κ3) is 3.01. The molecule has 0 aliphatic heterocycles. The first-order valence-electron chi connectivity index (χ1n) is 6.50. The van der Waals surface area contributed by atoms with Crippen molar-refractivity contribution in [3.05, 3.63) is 28.7 Å². The number of halogens is 1. The second-order valence-corrected chi connectivity index (χ2v) is 5.56. The van der Waals surface area contributed by atoms with Gasteiger partial charge in [-0.25, -0.2) is 0 Å². The molecule has 0 spiro atoms. The summed E-state index contributed by atoms with van der Waals surface area (Å²) in [5.74, 6) is 1.13. The Morgan fingerprint density at radius 3 is 3.00 bits per heavy atom. The predicted octanol–water partition coefficient (Wildman–Crippen LogP) is 2.93. The van der Waals surface area contributed by atoms with E-state index in [1.807, 2.05) is 12.1 Å². The molecule has 0 amide bonds. The Balaban J connectivity index is 1.67. The highest BCUT2D eigenvalue weighted by molar-refractivity contribution is 9.10. The summed E-state index contributed by atoms with van der Waals surface area (Å²) in [5, 5.41) is 7.42. The molecule has 0 unspecified atom stereocenters. The highest BCUT2D eigenvalue weighted by atomic mass is 79.9. The molecule has 1 fully saturated rings. The molecule has 1 N–H and O–H groups in total. The van der Waals surface area contributed by atoms with Crippen molar-refractivity contribution in [2.75, 3.05) is 0 Å². The quantitative estimate of drug-likeness (QED) is 0.937. The van der Waals surface area contributed by atoms with Crippen LogP contribution in [0.1, 0.15) is 31.6 Å². The maximum Gasteiger partial charge on any atom is 0.240 e. The second kappa shape index (κ2) is 5.79. The zero-order valence-electron chi connectivity index (χ0n) is 10.5. The Kier molecular flexibility index (Phi) is 3.89. The highest BCUT2D eigenvalue weighted by Gasteiger charge is 2.16. The van der Waals surface area contributed by atoms with Crippen molar-refractivity contribution in [1.82, 2.24) is 20.4 Å². The average Bonchev–Trinajstić information content (AvgIpc) is 3.08. The lowest BCUT2D eigenvalue weighted by molar-refractivity contribution is 0.357. The molecule has 0 atom stereocenters. The van der Waals surface area contributed by atoms with E-state index in [1.54, 1.807) is 6.20 Å². The van der Waals surface area contributed by atoms with Gasteiger partial charge < -0.3 is 9.84 Å². The number of pyridine rings is 1. The Morgan fingerprint density at radius 1 is 1.37 bits per heavy atom. The minimum absolute atomic E-state index is 0.524. The third-order valence-electron chi connectivity index (χ3n) is 3.34. The van der Waals surface area contributed by atoms with E-state index < -0.39 is 0 Å². The van der Waals surface area contributed by atoms with Gasteiger partial charge in [-0.05, 0) is 40.9 Å². The molecule has 19 heavy (non-hydrogen) atoms. The van der Waals surface area contributed by atoms with Crippen LogP contribution in [0, 0.1) is 0 Å². The highest BCUT2D eigenvalue weighted by Crippen LogP contribution is 2.23. The van der Waals surface area contributed by atoms with Crippen LogP contribution in [0.5, 0.6) is 0 Å². The first-order chi connectivity index (χ1) is 9.33. The molecule has 0 radical (unpaired) electrons. The van der Waals surface area contributed by atoms with Crippen LogP contribution in [0.3, 0.4) is 0 Å². The molecular weight excluding hydrogens is 308 g/mol. The lowest BCUT2D eigenvalue weighted by atomic mass is 10.2. The fourth-order valence-electron chi connectivity index (χ4n) is 2.33. The zero-order chi connectivity index (χ0) is 13.1. The first kappa shape index (κ1) is 12.7. The van der Waals surface area contributed by atoms with E-state index in [4.69, 9.17) is 4.52 Å². The van der Waals surface area contributed by atoms with E-state index in [9.17, 15) is 0 Å². The summed E-state index contributed by atoms with van der Waals surface area (Å²) >= 11 is 3.44. The van der Waals surface area contributed by atoms with Crippen LogP contribution in [-0.4, -0.2) is 21.2 Å². The number of nitrogens with zero attached hydrogens (tertiary/aromatic N) is 3. The van der Waals surface area contributed by atoms with Gasteiger partial charge in [0, 0.05) is 16.7 Å². The topological polar surface area (TPSA) is 63.8 Å². The number of hydrogen-bond donors (Lipinski definition) is 1. The van der Waals surface area contributed by atoms with Gasteiger partial charge in [-0.1, -0.05) is 18.0 Å². The molecule has 2 aromatic heterocycles. The van der Waals surface area contributed by atoms with Gasteiger partial charge in [0.15, 0.2) is 0 Å². The van der Waals surface area contributed by atoms with Crippen molar-refractivity contribution < 1.29 is 4.52 Å². The number of hydrogen-bond acceptors (Lipinski definition) is 5. The number of aromatic nitrogens is 3. The van der Waals surface area contributed by atoms with Crippen LogP contribution in [0.25, 0.3) is 11.5 Å². The summed E-state index contributed by atoms with van der Waals surface area (Å²) in [5.41, 5.74) is 0.707. The fourth-order valence-corrected chi connectivity index (χ4v) is 2.77. The van der Waals surface area contributed by atoms with E-state index in [0.717, 1.165) is 4.47 Å². The van der Waals surface area contributed by atoms with Crippen LogP contribution < -0.4 is 5.32 Å². The van der Waals surface area contributed by atoms with Crippen LogP contribution in [0.15, 0.2) is 27.3 Å². The lowest BCUT2D eigenvalue weighted by Crippen LogP contribution is -2.25. The Bertz CT molecular complexity index is 551. The SMILES string of the molecule is Brc1cccnc1-c1noc(CNC2CCCC2)n1. The van der Waals surface area contributed by atoms with Crippen LogP contribution in [0.2, 0.25) is 0 Å². The van der Waals surface area contributed by atoms with Gasteiger partial charge in [0.05, 0.1) is 6.54 Å². The monoisotopic (exact) mass is 322 g/mol. The largest absolute Gasteiger partial charge is 0.337 e. The Morgan fingerprint density at radius 2 is 2.21 bits per heavy atom. The van der Waals surface area contributed by atoms with Gasteiger partial charge in [-0.2, -0.15) is 4.98 Å². The van der Waals surface area contributed by atoms with Crippen LogP contribution >= 0.6 is 15.9 Å². The minimum Gasteiger partial charge on any atom is -0.337 e. The van der Waals surface area contributed by atoms with Gasteiger partial charge in [0.1, 0.15) is 5.69 Å². The van der Waals surface area contributed by atoms with E-state index in [-0.39, 0.29) is 0 Å². The van der Waals surface area contributed by atoms with Gasteiger partial charge in [0.25, 0.3) is 0 Å². The van der Waals surface area contributed by atoms with Crippen molar-refractivity contribution in [2.45, 2.75) is 38.3 Å². The molecule has 2 heterocycles. The molecule has 0 bridgehead atoms. The molecule has 5 nitrogen and oxygen atoms in total. The van der Waals surface area contributed by atoms with Gasteiger partial charge in [-0.15, -0.1) is 0 Å². The molecule has 6 heteroatoms. The number of nitrogens with one attached hydrogen (secondary N) is 1. The maximum atomic E-state index is 5.25. The summed E-state index contributed by atoms with van der Waals surface area (Å²) in [6.07, 6.45) is 6.83. The smallest absolute Gasteiger partial charge is 0.240 e. The lowest BCUT2D eigenvalue weighted by Gasteiger charge is -2.08. The van der Waals surface area contributed by atoms with Crippen molar-refractivity contribution in [3.63, 3.8) is 0 Å². The normalized spacial score (nSPS) is 16.1. The second-order valence-electron chi connectivity index (χ2n) is 4.71. The van der Waals surface area contributed by atoms with Crippen LogP contribution in [-0.2, 0) is 6.54 Å². The van der Waals surface area contributed by atoms with Gasteiger partial charge in [0.2, 0.25) is 11.7 Å². The Hall–Kier alpha value is -1.27. The minimum atomic E-state index is 0.524. The summed E-state index contributed by atoms with van der Waals surface area (Å²) in [6.45, 7) is 0.627. The molecule has 1 aliphatic rings. The zero-order valence-corrected chi connectivity index (χ0v) is 12.1. The molecular formula is C13H15BrN4O. The molecule has 3 rings (SSSR count). The molecule has 100 valence electrons. The Labute approximate surface area is 119 Å². The molecule has 2 aromatic rings. The first-order valence-corrected chi connectivity index (χ1v) is 7.29. The maximum absolute atomic E-state index is 5.25. The number of rotatable bonds is 4. The van der Waals surface area contributed by atoms with E-state index in [2.05, 4.69) is 36.4 Å². The summed E-state index contributed by atoms with van der Waals surface area (Å²) in [7, 11) is 0. The van der Waals surface area contributed by atoms with Gasteiger partial charge >= 0.3 is 0 Å². The van der Waals surface area contributed by atoms with E-state index in [1.165, 1.54) is 25.7 Å². The summed E-state index contributed by atoms with van der Waals surface area (Å²) in [4.78, 5) is 8.62. The van der Waals surface area contributed by atoms with Gasteiger partial charge in [-0.3, -0.25) is 4.98 Å². The molecule has 0 saturated heterocycles. The molecule has 1 saturated carbocycles.